The van der Waals surface area contributed by atoms with Crippen molar-refractivity contribution in [2.75, 3.05) is 7.11 Å². The number of ether oxygens (including phenoxy) is 1. The molecule has 3 rings (SSSR count). The Bertz CT molecular complexity index is 963. The maximum atomic E-state index is 12.4. The molecule has 2 aliphatic carbocycles. The minimum Gasteiger partial charge on any atom is -0.500 e. The number of rotatable bonds is 4. The largest absolute Gasteiger partial charge is 0.500 e. The van der Waals surface area contributed by atoms with Gasteiger partial charge in [-0.1, -0.05) is 42.0 Å². The molecule has 4 heteroatoms. The summed E-state index contributed by atoms with van der Waals surface area (Å²) in [5, 5.41) is 4.29. The van der Waals surface area contributed by atoms with Crippen LogP contribution in [0.1, 0.15) is 29.8 Å². The minimum absolute atomic E-state index is 0. The number of carbonyl (C=O) groups is 1. The molecule has 1 radical (unpaired) electrons. The van der Waals surface area contributed by atoms with Crippen LogP contribution in [0.5, 0.6) is 0 Å². The van der Waals surface area contributed by atoms with E-state index >= 15 is 0 Å². The van der Waals surface area contributed by atoms with Crippen molar-refractivity contribution in [1.29, 1.82) is 0 Å². The van der Waals surface area contributed by atoms with Crippen LogP contribution in [0.15, 0.2) is 82.2 Å². The average Bonchev–Trinajstić information content (AvgIpc) is 2.87. The van der Waals surface area contributed by atoms with E-state index in [0.29, 0.717) is 5.56 Å². The highest BCUT2D eigenvalue weighted by atomic mass is 16.5. The molecule has 0 unspecified atom stereocenters. The second kappa shape index (κ2) is 8.04. The number of nitrogens with one attached hydrogen (secondary N) is 1. The summed E-state index contributed by atoms with van der Waals surface area (Å²) in [6, 6.07) is 5.74. The van der Waals surface area contributed by atoms with E-state index in [1.807, 2.05) is 75.8 Å². The highest BCUT2D eigenvalue weighted by molar-refractivity contribution is 6.03. The molecule has 0 heterocycles. The van der Waals surface area contributed by atoms with Gasteiger partial charge >= 0.3 is 0 Å². The van der Waals surface area contributed by atoms with E-state index in [9.17, 15) is 4.79 Å². The molecule has 1 amide bonds. The quantitative estimate of drug-likeness (QED) is 0.621. The number of hydrogen-bond donors (Lipinski definition) is 1. The molecule has 1 aromatic rings. The smallest absolute Gasteiger partial charge is 0.271 e. The molecule has 1 N–H and O–H groups in total. The maximum absolute atomic E-state index is 12.4. The number of nitrogens with zero attached hydrogens (tertiary/aromatic N) is 1. The van der Waals surface area contributed by atoms with E-state index in [1.165, 1.54) is 0 Å². The Balaban J connectivity index is 0.00000280. The monoisotopic (exact) mass is 361 g/mol. The summed E-state index contributed by atoms with van der Waals surface area (Å²) in [6.07, 6.45) is 14.0. The Morgan fingerprint density at radius 3 is 2.70 bits per heavy atom. The standard InChI is InChI=1S/C23H23N2O2.H2/c1-15-8-11-22(16(2)12-15)23(26)25-24-17(3)18-6-5-7-19-14-21(27-4)10-9-20(19)13-18;/h5-14H,1-4H3,(H,25,26);1H/b24-17+;. The third-order valence-electron chi connectivity index (χ3n) is 4.53. The van der Waals surface area contributed by atoms with Crippen LogP contribution >= 0.6 is 0 Å². The molecule has 0 saturated heterocycles. The first-order chi connectivity index (χ1) is 13.0. The zero-order valence-corrected chi connectivity index (χ0v) is 16.0. The fraction of sp³-hybridized carbons (Fsp3) is 0.174. The van der Waals surface area contributed by atoms with E-state index in [0.717, 1.165) is 39.3 Å². The normalized spacial score (nSPS) is 16.4. The fourth-order valence-electron chi connectivity index (χ4n) is 2.98. The van der Waals surface area contributed by atoms with Gasteiger partial charge in [-0.3, -0.25) is 4.79 Å². The summed E-state index contributed by atoms with van der Waals surface area (Å²) in [5.74, 6) is 0.614. The van der Waals surface area contributed by atoms with Gasteiger partial charge in [-0.05, 0) is 61.3 Å². The van der Waals surface area contributed by atoms with Crippen molar-refractivity contribution in [1.82, 2.24) is 5.43 Å². The minimum atomic E-state index is -0.207. The first-order valence-electron chi connectivity index (χ1n) is 8.81. The zero-order chi connectivity index (χ0) is 19.4. The molecular weight excluding hydrogens is 336 g/mol. The molecule has 27 heavy (non-hydrogen) atoms. The van der Waals surface area contributed by atoms with Crippen LogP contribution < -0.4 is 5.43 Å². The molecule has 0 aromatic heterocycles. The fourth-order valence-corrected chi connectivity index (χ4v) is 2.98. The van der Waals surface area contributed by atoms with Gasteiger partial charge in [-0.2, -0.15) is 5.10 Å². The Morgan fingerprint density at radius 2 is 1.96 bits per heavy atom. The van der Waals surface area contributed by atoms with Crippen LogP contribution in [-0.4, -0.2) is 18.7 Å². The van der Waals surface area contributed by atoms with Crippen molar-refractivity contribution in [3.63, 3.8) is 0 Å². The third kappa shape index (κ3) is 4.34. The number of amides is 1. The summed E-state index contributed by atoms with van der Waals surface area (Å²) in [6.45, 7) is 5.81. The summed E-state index contributed by atoms with van der Waals surface area (Å²) < 4.78 is 5.28. The molecule has 0 fully saturated rings. The Hall–Kier alpha value is -3.14. The van der Waals surface area contributed by atoms with E-state index in [1.54, 1.807) is 7.11 Å². The second-order valence-corrected chi connectivity index (χ2v) is 6.58. The highest BCUT2D eigenvalue weighted by Crippen LogP contribution is 2.28. The lowest BCUT2D eigenvalue weighted by Crippen LogP contribution is -2.20. The van der Waals surface area contributed by atoms with Gasteiger partial charge in [0.25, 0.3) is 5.91 Å². The first kappa shape index (κ1) is 18.6. The van der Waals surface area contributed by atoms with Gasteiger partial charge in [0.2, 0.25) is 0 Å². The first-order valence-corrected chi connectivity index (χ1v) is 8.81. The van der Waals surface area contributed by atoms with Gasteiger partial charge < -0.3 is 4.74 Å². The van der Waals surface area contributed by atoms with Crippen molar-refractivity contribution >= 4 is 11.6 Å². The number of benzene rings is 1. The second-order valence-electron chi connectivity index (χ2n) is 6.58. The molecule has 0 saturated carbocycles. The van der Waals surface area contributed by atoms with Crippen LogP contribution in [-0.2, 0) is 4.74 Å². The van der Waals surface area contributed by atoms with Gasteiger partial charge in [-0.25, -0.2) is 5.43 Å². The average molecular weight is 361 g/mol. The number of carbonyl (C=O) groups excluding carboxylic acids is 1. The number of fused-ring (bicyclic) bond motifs is 1. The van der Waals surface area contributed by atoms with Gasteiger partial charge in [0.05, 0.1) is 19.2 Å². The molecule has 0 bridgehead atoms. The van der Waals surface area contributed by atoms with Crippen molar-refractivity contribution in [2.45, 2.75) is 20.8 Å². The summed E-state index contributed by atoms with van der Waals surface area (Å²) in [5.41, 5.74) is 9.19. The molecule has 1 aromatic carbocycles. The summed E-state index contributed by atoms with van der Waals surface area (Å²) in [4.78, 5) is 12.4. The van der Waals surface area contributed by atoms with E-state index in [4.69, 9.17) is 4.74 Å². The number of methoxy groups -OCH3 is 1. The van der Waals surface area contributed by atoms with Crippen LogP contribution in [0.3, 0.4) is 0 Å². The van der Waals surface area contributed by atoms with Gasteiger partial charge in [0, 0.05) is 6.99 Å². The SMILES string of the molecule is COC1=CC=C2C=C(/C(C)=N/NC(=O)c3ccc(C)cc3C)C=CC=C2[CH]1.[HH]. The van der Waals surface area contributed by atoms with Crippen molar-refractivity contribution < 1.29 is 11.0 Å². The highest BCUT2D eigenvalue weighted by Gasteiger charge is 2.14. The molecule has 4 nitrogen and oxygen atoms in total. The zero-order valence-electron chi connectivity index (χ0n) is 16.0. The number of allylic oxidation sites excluding steroid dienone is 9. The van der Waals surface area contributed by atoms with Crippen molar-refractivity contribution in [3.05, 3.63) is 100 Å². The van der Waals surface area contributed by atoms with Gasteiger partial charge in [0.15, 0.2) is 0 Å². The number of aryl methyl sites for hydroxylation is 2. The lowest BCUT2D eigenvalue weighted by atomic mass is 9.95. The Kier molecular flexibility index (Phi) is 5.55. The van der Waals surface area contributed by atoms with E-state index in [-0.39, 0.29) is 7.33 Å². The van der Waals surface area contributed by atoms with Crippen molar-refractivity contribution in [3.8, 4) is 0 Å². The van der Waals surface area contributed by atoms with Crippen LogP contribution in [0.4, 0.5) is 0 Å². The number of hydrazone groups is 1. The maximum Gasteiger partial charge on any atom is 0.271 e. The van der Waals surface area contributed by atoms with Gasteiger partial charge in [-0.15, -0.1) is 0 Å². The van der Waals surface area contributed by atoms with Gasteiger partial charge in [0.1, 0.15) is 5.76 Å². The van der Waals surface area contributed by atoms with Crippen LogP contribution in [0.2, 0.25) is 0 Å². The van der Waals surface area contributed by atoms with Crippen LogP contribution in [0, 0.1) is 20.3 Å². The lowest BCUT2D eigenvalue weighted by molar-refractivity contribution is 0.0954. The predicted molar refractivity (Wildman–Crippen MR) is 111 cm³/mol. The van der Waals surface area contributed by atoms with E-state index in [2.05, 4.69) is 16.6 Å². The van der Waals surface area contributed by atoms with Crippen LogP contribution in [0.25, 0.3) is 0 Å². The molecule has 0 spiro atoms. The third-order valence-corrected chi connectivity index (χ3v) is 4.53. The van der Waals surface area contributed by atoms with Crippen molar-refractivity contribution in [2.24, 2.45) is 5.10 Å². The Labute approximate surface area is 161 Å². The molecular formula is C23H25N2O2. The predicted octanol–water partition coefficient (Wildman–Crippen LogP) is 4.75. The molecule has 139 valence electrons. The Morgan fingerprint density at radius 1 is 1.15 bits per heavy atom. The topological polar surface area (TPSA) is 50.7 Å². The number of hydrogen-bond acceptors (Lipinski definition) is 3. The molecule has 2 aliphatic rings. The summed E-state index contributed by atoms with van der Waals surface area (Å²) >= 11 is 0. The molecule has 0 atom stereocenters. The molecule has 0 aliphatic heterocycles. The lowest BCUT2D eigenvalue weighted by Gasteiger charge is -2.14. The van der Waals surface area contributed by atoms with E-state index < -0.39 is 0 Å². The summed E-state index contributed by atoms with van der Waals surface area (Å²) in [7, 11) is 1.66.